The summed E-state index contributed by atoms with van der Waals surface area (Å²) in [6.45, 7) is 3.25. The number of aliphatic hydroxyl groups excluding tert-OH is 1. The van der Waals surface area contributed by atoms with Crippen molar-refractivity contribution in [3.05, 3.63) is 123 Å². The molecule has 0 fully saturated rings. The van der Waals surface area contributed by atoms with Crippen LogP contribution in [0.15, 0.2) is 84.9 Å². The number of nitro benzene ring substituents is 1. The lowest BCUT2D eigenvalue weighted by molar-refractivity contribution is -0.386. The smallest absolute Gasteiger partial charge is 0.323 e. The van der Waals surface area contributed by atoms with E-state index < -0.39 is 23.0 Å². The Morgan fingerprint density at radius 1 is 0.977 bits per heavy atom. The van der Waals surface area contributed by atoms with Gasteiger partial charge in [-0.1, -0.05) is 60.7 Å². The van der Waals surface area contributed by atoms with E-state index in [0.717, 1.165) is 22.3 Å². The van der Waals surface area contributed by atoms with Gasteiger partial charge in [0.25, 0.3) is 0 Å². The highest BCUT2D eigenvalue weighted by molar-refractivity contribution is 5.74. The summed E-state index contributed by atoms with van der Waals surface area (Å²) in [5.74, 6) is -1.07. The van der Waals surface area contributed by atoms with E-state index in [9.17, 15) is 30.4 Å². The van der Waals surface area contributed by atoms with Crippen molar-refractivity contribution in [3.63, 3.8) is 0 Å². The lowest BCUT2D eigenvalue weighted by atomic mass is 9.97. The van der Waals surface area contributed by atoms with Gasteiger partial charge in [0.05, 0.1) is 22.7 Å². The maximum absolute atomic E-state index is 12.1. The minimum absolute atomic E-state index is 0.0237. The average Bonchev–Trinajstić information content (AvgIpc) is 3.00. The number of nitrogens with one attached hydrogen (secondary N) is 1. The van der Waals surface area contributed by atoms with Crippen LogP contribution in [-0.4, -0.2) is 33.3 Å². The van der Waals surface area contributed by atoms with Gasteiger partial charge in [0.1, 0.15) is 25.0 Å². The summed E-state index contributed by atoms with van der Waals surface area (Å²) in [4.78, 5) is 23.1. The Bertz CT molecular complexity index is 1650. The number of aliphatic carboxylic acids is 1. The molecule has 10 heteroatoms. The minimum atomic E-state index is -1.31. The number of carboxylic acid groups (broad SMARTS) is 1. The molecule has 3 N–H and O–H groups in total. The van der Waals surface area contributed by atoms with Gasteiger partial charge < -0.3 is 19.7 Å². The molecule has 0 aliphatic carbocycles. The number of hydrogen-bond donors (Lipinski definition) is 3. The minimum Gasteiger partial charge on any atom is -0.488 e. The van der Waals surface area contributed by atoms with E-state index in [0.29, 0.717) is 16.7 Å². The fourth-order valence-electron chi connectivity index (χ4n) is 4.63. The van der Waals surface area contributed by atoms with E-state index in [-0.39, 0.29) is 36.9 Å². The van der Waals surface area contributed by atoms with Crippen LogP contribution in [0.25, 0.3) is 11.1 Å². The number of ether oxygens (including phenoxy) is 2. The molecule has 0 aromatic heterocycles. The number of aliphatic hydroxyl groups is 1. The number of nitriles is 1. The summed E-state index contributed by atoms with van der Waals surface area (Å²) < 4.78 is 12.1. The van der Waals surface area contributed by atoms with Gasteiger partial charge >= 0.3 is 11.7 Å². The van der Waals surface area contributed by atoms with Crippen molar-refractivity contribution in [1.82, 2.24) is 5.32 Å². The van der Waals surface area contributed by atoms with Crippen LogP contribution in [0.5, 0.6) is 11.5 Å². The molecule has 0 radical (unpaired) electrons. The molecule has 0 saturated heterocycles. The molecule has 0 aliphatic heterocycles. The number of carbonyl (C=O) groups is 1. The Balaban J connectivity index is 1.66. The maximum atomic E-state index is 12.1. The highest BCUT2D eigenvalue weighted by Crippen LogP contribution is 2.36. The molecular formula is C33H31N3O7. The Hall–Kier alpha value is -5.24. The molecule has 10 nitrogen and oxygen atoms in total. The number of benzene rings is 4. The summed E-state index contributed by atoms with van der Waals surface area (Å²) in [5.41, 5.74) is 5.00. The molecule has 0 heterocycles. The van der Waals surface area contributed by atoms with Gasteiger partial charge in [0.15, 0.2) is 0 Å². The number of nitrogens with zero attached hydrogens (tertiary/aromatic N) is 2. The van der Waals surface area contributed by atoms with E-state index in [1.807, 2.05) is 55.5 Å². The summed E-state index contributed by atoms with van der Waals surface area (Å²) in [5, 5.41) is 43.4. The Labute approximate surface area is 248 Å². The van der Waals surface area contributed by atoms with Gasteiger partial charge in [-0.3, -0.25) is 20.2 Å². The third kappa shape index (κ3) is 7.74. The summed E-state index contributed by atoms with van der Waals surface area (Å²) in [7, 11) is 0. The second-order valence-electron chi connectivity index (χ2n) is 9.97. The molecule has 0 unspecified atom stereocenters. The van der Waals surface area contributed by atoms with Crippen molar-refractivity contribution in [2.24, 2.45) is 0 Å². The zero-order chi connectivity index (χ0) is 30.9. The van der Waals surface area contributed by atoms with E-state index in [1.165, 1.54) is 19.1 Å². The maximum Gasteiger partial charge on any atom is 0.323 e. The van der Waals surface area contributed by atoms with Crippen molar-refractivity contribution in [2.45, 2.75) is 45.8 Å². The molecule has 0 amide bonds. The number of rotatable bonds is 13. The molecule has 2 atom stereocenters. The lowest BCUT2D eigenvalue weighted by Crippen LogP contribution is -2.44. The molecule has 4 rings (SSSR count). The summed E-state index contributed by atoms with van der Waals surface area (Å²) in [6, 6.07) is 25.9. The van der Waals surface area contributed by atoms with E-state index in [2.05, 4.69) is 11.4 Å². The van der Waals surface area contributed by atoms with Crippen molar-refractivity contribution < 1.29 is 29.4 Å². The van der Waals surface area contributed by atoms with Crippen LogP contribution in [0.2, 0.25) is 0 Å². The fraction of sp³-hybridized carbons (Fsp3) is 0.212. The van der Waals surface area contributed by atoms with Crippen LogP contribution in [0, 0.1) is 28.4 Å². The average molecular weight is 582 g/mol. The highest BCUT2D eigenvalue weighted by atomic mass is 16.6. The first-order valence-electron chi connectivity index (χ1n) is 13.5. The number of carboxylic acids is 1. The van der Waals surface area contributed by atoms with Crippen molar-refractivity contribution in [2.75, 3.05) is 0 Å². The normalized spacial score (nSPS) is 12.1. The molecule has 220 valence electrons. The Kier molecular flexibility index (Phi) is 10.1. The first-order chi connectivity index (χ1) is 20.7. The zero-order valence-electron chi connectivity index (χ0n) is 23.7. The van der Waals surface area contributed by atoms with Gasteiger partial charge in [0, 0.05) is 24.2 Å². The lowest BCUT2D eigenvalue weighted by Gasteiger charge is -2.19. The molecule has 4 aromatic rings. The molecular weight excluding hydrogens is 550 g/mol. The summed E-state index contributed by atoms with van der Waals surface area (Å²) in [6.07, 6.45) is -1.22. The quantitative estimate of drug-likeness (QED) is 0.137. The molecule has 4 aromatic carbocycles. The third-order valence-electron chi connectivity index (χ3n) is 6.96. The molecule has 0 bridgehead atoms. The fourth-order valence-corrected chi connectivity index (χ4v) is 4.63. The number of hydrogen-bond acceptors (Lipinski definition) is 8. The zero-order valence-corrected chi connectivity index (χ0v) is 23.7. The van der Waals surface area contributed by atoms with Crippen LogP contribution in [0.3, 0.4) is 0 Å². The van der Waals surface area contributed by atoms with Crippen molar-refractivity contribution >= 4 is 11.7 Å². The van der Waals surface area contributed by atoms with E-state index in [1.54, 1.807) is 24.3 Å². The SMILES string of the molecule is Cc1c(COc2cc(OCc3cccc(C#N)c3)c(CN[C@H](C(=O)O)[C@@H](C)O)cc2[N+](=O)[O-])cccc1-c1ccccc1. The van der Waals surface area contributed by atoms with Gasteiger partial charge in [-0.2, -0.15) is 5.26 Å². The predicted molar refractivity (Wildman–Crippen MR) is 159 cm³/mol. The van der Waals surface area contributed by atoms with Gasteiger partial charge in [-0.05, 0) is 53.8 Å². The first-order valence-corrected chi connectivity index (χ1v) is 13.5. The molecule has 0 spiro atoms. The van der Waals surface area contributed by atoms with Crippen molar-refractivity contribution in [1.29, 1.82) is 5.26 Å². The molecule has 43 heavy (non-hydrogen) atoms. The van der Waals surface area contributed by atoms with Crippen LogP contribution >= 0.6 is 0 Å². The predicted octanol–water partition coefficient (Wildman–Crippen LogP) is 5.52. The largest absolute Gasteiger partial charge is 0.488 e. The van der Waals surface area contributed by atoms with Gasteiger partial charge in [-0.15, -0.1) is 0 Å². The van der Waals surface area contributed by atoms with Crippen molar-refractivity contribution in [3.8, 4) is 28.7 Å². The van der Waals surface area contributed by atoms with Gasteiger partial charge in [-0.25, -0.2) is 0 Å². The van der Waals surface area contributed by atoms with Gasteiger partial charge in [0.2, 0.25) is 5.75 Å². The number of nitro groups is 1. The third-order valence-corrected chi connectivity index (χ3v) is 6.96. The monoisotopic (exact) mass is 581 g/mol. The summed E-state index contributed by atoms with van der Waals surface area (Å²) >= 11 is 0. The second kappa shape index (κ2) is 14.1. The topological polar surface area (TPSA) is 155 Å². The second-order valence-corrected chi connectivity index (χ2v) is 9.97. The molecule has 0 saturated carbocycles. The Morgan fingerprint density at radius 3 is 2.37 bits per heavy atom. The van der Waals surface area contributed by atoms with Crippen LogP contribution in [-0.2, 0) is 24.6 Å². The highest BCUT2D eigenvalue weighted by Gasteiger charge is 2.25. The van der Waals surface area contributed by atoms with E-state index in [4.69, 9.17) is 9.47 Å². The van der Waals surface area contributed by atoms with Crippen LogP contribution in [0.1, 0.15) is 34.7 Å². The van der Waals surface area contributed by atoms with Crippen LogP contribution < -0.4 is 14.8 Å². The molecule has 0 aliphatic rings. The standard InChI is InChI=1S/C33H31N3O7/c1-21-26(12-7-13-28(21)25-10-4-3-5-11-25)20-43-31-16-30(42-19-24-9-6-8-23(14-24)17-34)27(15-29(31)36(40)41)18-35-32(22(2)37)33(38)39/h3-16,22,32,35,37H,18-20H2,1-2H3,(H,38,39)/t22-,32+/m1/s1. The first kappa shape index (κ1) is 30.7. The van der Waals surface area contributed by atoms with Crippen LogP contribution in [0.4, 0.5) is 5.69 Å². The Morgan fingerprint density at radius 2 is 1.70 bits per heavy atom. The van der Waals surface area contributed by atoms with E-state index >= 15 is 0 Å².